The summed E-state index contributed by atoms with van der Waals surface area (Å²) in [7, 11) is 4.05. The minimum absolute atomic E-state index is 0.216. The van der Waals surface area contributed by atoms with Gasteiger partial charge in [0.25, 0.3) is 0 Å². The molecule has 1 saturated heterocycles. The van der Waals surface area contributed by atoms with Crippen molar-refractivity contribution >= 4 is 6.09 Å². The first-order chi connectivity index (χ1) is 8.16. The molecular formula is C13H18N2O2. The van der Waals surface area contributed by atoms with Crippen LogP contribution in [0, 0.1) is 0 Å². The Balaban J connectivity index is 1.73. The molecule has 0 atom stereocenters. The normalized spacial score (nSPS) is 15.8. The van der Waals surface area contributed by atoms with E-state index in [1.165, 1.54) is 0 Å². The third kappa shape index (κ3) is 2.97. The lowest BCUT2D eigenvalue weighted by molar-refractivity contribution is 0.0351. The maximum atomic E-state index is 11.7. The van der Waals surface area contributed by atoms with Gasteiger partial charge in [0, 0.05) is 19.1 Å². The number of ether oxygens (including phenoxy) is 1. The fourth-order valence-electron chi connectivity index (χ4n) is 1.74. The van der Waals surface area contributed by atoms with Crippen LogP contribution in [0.2, 0.25) is 0 Å². The molecule has 1 amide bonds. The van der Waals surface area contributed by atoms with Gasteiger partial charge >= 0.3 is 6.09 Å². The average Bonchev–Trinajstić information content (AvgIpc) is 2.25. The molecule has 0 aromatic heterocycles. The van der Waals surface area contributed by atoms with E-state index in [-0.39, 0.29) is 6.09 Å². The monoisotopic (exact) mass is 234 g/mol. The van der Waals surface area contributed by atoms with Crippen LogP contribution in [0.4, 0.5) is 4.79 Å². The first-order valence-corrected chi connectivity index (χ1v) is 5.79. The molecule has 4 heteroatoms. The Hall–Kier alpha value is -1.55. The van der Waals surface area contributed by atoms with Crippen molar-refractivity contribution in [2.45, 2.75) is 12.6 Å². The van der Waals surface area contributed by atoms with E-state index in [9.17, 15) is 4.79 Å². The smallest absolute Gasteiger partial charge is 0.410 e. The SMILES string of the molecule is CN(C)C1CN(C(=O)OCc2ccccc2)C1. The molecule has 0 radical (unpaired) electrons. The largest absolute Gasteiger partial charge is 0.445 e. The third-order valence-electron chi connectivity index (χ3n) is 3.06. The number of amides is 1. The van der Waals surface area contributed by atoms with Crippen LogP contribution in [0.25, 0.3) is 0 Å². The van der Waals surface area contributed by atoms with Gasteiger partial charge in [0.05, 0.1) is 0 Å². The second-order valence-corrected chi connectivity index (χ2v) is 4.56. The molecule has 92 valence electrons. The maximum absolute atomic E-state index is 11.7. The molecular weight excluding hydrogens is 216 g/mol. The van der Waals surface area contributed by atoms with Crippen molar-refractivity contribution in [3.05, 3.63) is 35.9 Å². The van der Waals surface area contributed by atoms with Gasteiger partial charge < -0.3 is 14.5 Å². The van der Waals surface area contributed by atoms with Gasteiger partial charge in [-0.2, -0.15) is 0 Å². The zero-order valence-electron chi connectivity index (χ0n) is 10.3. The molecule has 0 bridgehead atoms. The van der Waals surface area contributed by atoms with Crippen molar-refractivity contribution in [3.63, 3.8) is 0 Å². The Bertz CT molecular complexity index is 372. The van der Waals surface area contributed by atoms with E-state index in [1.807, 2.05) is 44.4 Å². The Kier molecular flexibility index (Phi) is 3.64. The molecule has 0 unspecified atom stereocenters. The number of benzene rings is 1. The fraction of sp³-hybridized carbons (Fsp3) is 0.462. The van der Waals surface area contributed by atoms with Gasteiger partial charge in [0.1, 0.15) is 6.61 Å². The molecule has 1 aromatic rings. The summed E-state index contributed by atoms with van der Waals surface area (Å²) in [5.41, 5.74) is 1.02. The highest BCUT2D eigenvalue weighted by Crippen LogP contribution is 2.14. The summed E-state index contributed by atoms with van der Waals surface area (Å²) >= 11 is 0. The van der Waals surface area contributed by atoms with Crippen LogP contribution in [-0.4, -0.2) is 49.1 Å². The van der Waals surface area contributed by atoms with Crippen LogP contribution >= 0.6 is 0 Å². The molecule has 0 N–H and O–H groups in total. The van der Waals surface area contributed by atoms with E-state index >= 15 is 0 Å². The van der Waals surface area contributed by atoms with Crippen LogP contribution in [-0.2, 0) is 11.3 Å². The predicted octanol–water partition coefficient (Wildman–Crippen LogP) is 1.57. The Labute approximate surface area is 102 Å². The van der Waals surface area contributed by atoms with Crippen molar-refractivity contribution in [1.82, 2.24) is 9.80 Å². The minimum Gasteiger partial charge on any atom is -0.445 e. The van der Waals surface area contributed by atoms with Crippen molar-refractivity contribution in [3.8, 4) is 0 Å². The van der Waals surface area contributed by atoms with E-state index in [2.05, 4.69) is 4.90 Å². The number of carbonyl (C=O) groups excluding carboxylic acids is 1. The quantitative estimate of drug-likeness (QED) is 0.796. The summed E-state index contributed by atoms with van der Waals surface area (Å²) in [6.45, 7) is 1.88. The van der Waals surface area contributed by atoms with E-state index in [0.29, 0.717) is 12.6 Å². The van der Waals surface area contributed by atoms with Gasteiger partial charge in [-0.3, -0.25) is 0 Å². The Morgan fingerprint density at radius 1 is 1.35 bits per heavy atom. The van der Waals surface area contributed by atoms with E-state index in [4.69, 9.17) is 4.74 Å². The average molecular weight is 234 g/mol. The molecule has 2 rings (SSSR count). The molecule has 1 aromatic carbocycles. The van der Waals surface area contributed by atoms with Gasteiger partial charge in [-0.05, 0) is 19.7 Å². The highest BCUT2D eigenvalue weighted by atomic mass is 16.6. The van der Waals surface area contributed by atoms with Crippen LogP contribution < -0.4 is 0 Å². The fourth-order valence-corrected chi connectivity index (χ4v) is 1.74. The van der Waals surface area contributed by atoms with Crippen LogP contribution in [0.15, 0.2) is 30.3 Å². The van der Waals surface area contributed by atoms with E-state index in [1.54, 1.807) is 4.90 Å². The standard InChI is InChI=1S/C13H18N2O2/c1-14(2)12-8-15(9-12)13(16)17-10-11-6-4-3-5-7-11/h3-7,12H,8-10H2,1-2H3. The van der Waals surface area contributed by atoms with Crippen molar-refractivity contribution < 1.29 is 9.53 Å². The molecule has 1 aliphatic rings. The summed E-state index contributed by atoms with van der Waals surface area (Å²) in [6.07, 6.45) is -0.216. The van der Waals surface area contributed by atoms with Crippen LogP contribution in [0.5, 0.6) is 0 Å². The van der Waals surface area contributed by atoms with Gasteiger partial charge in [-0.25, -0.2) is 4.79 Å². The predicted molar refractivity (Wildman–Crippen MR) is 65.7 cm³/mol. The molecule has 4 nitrogen and oxygen atoms in total. The lowest BCUT2D eigenvalue weighted by Gasteiger charge is -2.41. The second-order valence-electron chi connectivity index (χ2n) is 4.56. The first kappa shape index (κ1) is 11.9. The highest BCUT2D eigenvalue weighted by molar-refractivity contribution is 5.68. The third-order valence-corrected chi connectivity index (χ3v) is 3.06. The van der Waals surface area contributed by atoms with Crippen molar-refractivity contribution in [2.24, 2.45) is 0 Å². The lowest BCUT2D eigenvalue weighted by Crippen LogP contribution is -2.59. The van der Waals surface area contributed by atoms with E-state index < -0.39 is 0 Å². The maximum Gasteiger partial charge on any atom is 0.410 e. The first-order valence-electron chi connectivity index (χ1n) is 5.79. The van der Waals surface area contributed by atoms with Gasteiger partial charge in [0.2, 0.25) is 0 Å². The second kappa shape index (κ2) is 5.19. The summed E-state index contributed by atoms with van der Waals surface area (Å²) in [5.74, 6) is 0. The number of nitrogens with zero attached hydrogens (tertiary/aromatic N) is 2. The molecule has 1 fully saturated rings. The van der Waals surface area contributed by atoms with Gasteiger partial charge in [0.15, 0.2) is 0 Å². The number of carbonyl (C=O) groups is 1. The molecule has 0 spiro atoms. The molecule has 0 aliphatic carbocycles. The van der Waals surface area contributed by atoms with Crippen LogP contribution in [0.3, 0.4) is 0 Å². The van der Waals surface area contributed by atoms with Crippen molar-refractivity contribution in [2.75, 3.05) is 27.2 Å². The zero-order chi connectivity index (χ0) is 12.3. The number of likely N-dealkylation sites (tertiary alicyclic amines) is 1. The summed E-state index contributed by atoms with van der Waals surface area (Å²) in [4.78, 5) is 15.5. The van der Waals surface area contributed by atoms with Crippen molar-refractivity contribution in [1.29, 1.82) is 0 Å². The van der Waals surface area contributed by atoms with Gasteiger partial charge in [-0.1, -0.05) is 30.3 Å². The zero-order valence-corrected chi connectivity index (χ0v) is 10.3. The molecule has 1 aliphatic heterocycles. The minimum atomic E-state index is -0.216. The lowest BCUT2D eigenvalue weighted by atomic mass is 10.1. The molecule has 0 saturated carbocycles. The number of hydrogen-bond donors (Lipinski definition) is 0. The van der Waals surface area contributed by atoms with Gasteiger partial charge in [-0.15, -0.1) is 0 Å². The Morgan fingerprint density at radius 3 is 2.59 bits per heavy atom. The summed E-state index contributed by atoms with van der Waals surface area (Å²) in [6, 6.07) is 10.2. The van der Waals surface area contributed by atoms with Crippen LogP contribution in [0.1, 0.15) is 5.56 Å². The topological polar surface area (TPSA) is 32.8 Å². The number of likely N-dealkylation sites (N-methyl/N-ethyl adjacent to an activating group) is 1. The molecule has 1 heterocycles. The Morgan fingerprint density at radius 2 is 2.00 bits per heavy atom. The number of hydrogen-bond acceptors (Lipinski definition) is 3. The van der Waals surface area contributed by atoms with E-state index in [0.717, 1.165) is 18.7 Å². The number of rotatable bonds is 3. The molecule has 17 heavy (non-hydrogen) atoms. The summed E-state index contributed by atoms with van der Waals surface area (Å²) < 4.78 is 5.23. The summed E-state index contributed by atoms with van der Waals surface area (Å²) in [5, 5.41) is 0. The highest BCUT2D eigenvalue weighted by Gasteiger charge is 2.32.